The standard InChI is InChI=1S/C20H15N3O4.C14H11BrN2O2.C6H6BNO4.2C2H4O2.Pd/c1-27-19-7-5-14(12-22-13-15(11-21)6-8-20(22)24)9-18(19)16-3-2-4-17(10-16)23(25)26;1-19-13-4-2-10(6-12(13)15)8-17-9-11(7-16)3-5-14(17)18;9-7(10)5-2-1-3-6(4-5)8(11)12;2*1-2(3)4;/h2-10,13H,12H2,1H3;2-6,9H,8H2,1H3;1-4,9-10H;2*1H3,(H,3,4);. The van der Waals surface area contributed by atoms with E-state index in [9.17, 15) is 29.8 Å². The number of carboxylic acids is 2. The molecule has 4 aromatic carbocycles. The first-order chi connectivity index (χ1) is 31.2. The molecule has 0 aliphatic heterocycles. The van der Waals surface area contributed by atoms with Crippen molar-refractivity contribution in [3.63, 3.8) is 0 Å². The summed E-state index contributed by atoms with van der Waals surface area (Å²) in [6.07, 6.45) is 3.06. The Bertz CT molecular complexity index is 2860. The van der Waals surface area contributed by atoms with E-state index < -0.39 is 28.9 Å². The number of aromatic nitrogens is 2. The Morgan fingerprint density at radius 1 is 0.687 bits per heavy atom. The van der Waals surface area contributed by atoms with Gasteiger partial charge in [-0.3, -0.25) is 39.4 Å². The minimum Gasteiger partial charge on any atom is -0.496 e. The summed E-state index contributed by atoms with van der Waals surface area (Å²) in [5.41, 5.74) is 3.52. The number of ether oxygens (including phenoxy) is 2. The number of nitrogens with zero attached hydrogens (tertiary/aromatic N) is 6. The number of pyridine rings is 2. The molecule has 0 bridgehead atoms. The van der Waals surface area contributed by atoms with Crippen LogP contribution in [0.3, 0.4) is 0 Å². The Balaban J connectivity index is 0.000000487. The minimum absolute atomic E-state index is 0. The van der Waals surface area contributed by atoms with Crippen LogP contribution in [-0.2, 0) is 43.1 Å². The van der Waals surface area contributed by atoms with Crippen LogP contribution in [0.4, 0.5) is 11.4 Å². The minimum atomic E-state index is -1.66. The average Bonchev–Trinajstić information content (AvgIpc) is 3.28. The van der Waals surface area contributed by atoms with E-state index >= 15 is 0 Å². The first-order valence-electron chi connectivity index (χ1n) is 18.7. The van der Waals surface area contributed by atoms with Crippen LogP contribution in [0.15, 0.2) is 136 Å². The fourth-order valence-corrected chi connectivity index (χ4v) is 5.90. The largest absolute Gasteiger partial charge is 0.496 e. The van der Waals surface area contributed by atoms with Crippen molar-refractivity contribution in [2.45, 2.75) is 26.9 Å². The normalized spacial score (nSPS) is 9.39. The molecule has 0 atom stereocenters. The van der Waals surface area contributed by atoms with Crippen molar-refractivity contribution in [2.75, 3.05) is 14.2 Å². The SMILES string of the molecule is CC(=O)O.CC(=O)O.COc1ccc(Cn2cc(C#N)ccc2=O)cc1-c1cccc([N+](=O)[O-])c1.COc1ccc(Cn2cc(C#N)ccc2=O)cc1Br.O=[N+]([O-])c1cccc(B(O)O)c1.[Pd]. The molecule has 0 radical (unpaired) electrons. The van der Waals surface area contributed by atoms with Gasteiger partial charge in [-0.05, 0) is 74.5 Å². The van der Waals surface area contributed by atoms with Gasteiger partial charge in [0.1, 0.15) is 23.6 Å². The van der Waals surface area contributed by atoms with Crippen molar-refractivity contribution < 1.29 is 69.6 Å². The predicted molar refractivity (Wildman–Crippen MR) is 244 cm³/mol. The first-order valence-corrected chi connectivity index (χ1v) is 19.5. The fraction of sp³-hybridized carbons (Fsp3) is 0.136. The van der Waals surface area contributed by atoms with Crippen molar-refractivity contribution in [3.8, 4) is 34.8 Å². The molecule has 0 saturated carbocycles. The van der Waals surface area contributed by atoms with Gasteiger partial charge in [-0.15, -0.1) is 0 Å². The Hall–Kier alpha value is -7.77. The Labute approximate surface area is 404 Å². The van der Waals surface area contributed by atoms with Crippen LogP contribution in [0.5, 0.6) is 11.5 Å². The maximum Gasteiger partial charge on any atom is 0.488 e. The number of halogens is 1. The molecule has 350 valence electrons. The Morgan fingerprint density at radius 2 is 1.12 bits per heavy atom. The number of hydrogen-bond acceptors (Lipinski definition) is 14. The molecule has 0 aliphatic rings. The number of rotatable bonds is 10. The second kappa shape index (κ2) is 28.9. The van der Waals surface area contributed by atoms with Gasteiger partial charge in [0, 0.05) is 88.6 Å². The molecule has 67 heavy (non-hydrogen) atoms. The van der Waals surface area contributed by atoms with Crippen LogP contribution in [0.1, 0.15) is 36.1 Å². The molecule has 6 rings (SSSR count). The van der Waals surface area contributed by atoms with E-state index in [2.05, 4.69) is 15.9 Å². The number of nitro groups is 2. The molecule has 0 saturated heterocycles. The van der Waals surface area contributed by atoms with Gasteiger partial charge in [0.2, 0.25) is 0 Å². The second-order valence-electron chi connectivity index (χ2n) is 13.1. The second-order valence-corrected chi connectivity index (χ2v) is 13.9. The zero-order valence-electron chi connectivity index (χ0n) is 35.8. The molecule has 0 amide bonds. The molecular formula is C44H40BBrN6O14Pd. The summed E-state index contributed by atoms with van der Waals surface area (Å²) >= 11 is 3.40. The maximum absolute atomic E-state index is 12.0. The number of carboxylic acid groups (broad SMARTS) is 2. The topological polar surface area (TPSA) is 311 Å². The average molecular weight is 1070 g/mol. The van der Waals surface area contributed by atoms with Crippen LogP contribution in [-0.4, -0.2) is 72.5 Å². The van der Waals surface area contributed by atoms with Crippen molar-refractivity contribution in [2.24, 2.45) is 0 Å². The molecule has 0 fully saturated rings. The van der Waals surface area contributed by atoms with E-state index in [1.807, 2.05) is 42.5 Å². The van der Waals surface area contributed by atoms with Gasteiger partial charge in [0.25, 0.3) is 34.4 Å². The van der Waals surface area contributed by atoms with Crippen molar-refractivity contribution in [1.82, 2.24) is 9.13 Å². The van der Waals surface area contributed by atoms with Crippen molar-refractivity contribution >= 4 is 51.8 Å². The molecule has 0 aliphatic carbocycles. The van der Waals surface area contributed by atoms with E-state index in [4.69, 9.17) is 49.8 Å². The maximum atomic E-state index is 12.0. The molecule has 20 nitrogen and oxygen atoms in total. The number of carbonyl (C=O) groups is 2. The Kier molecular flexibility index (Phi) is 24.7. The van der Waals surface area contributed by atoms with Crippen molar-refractivity contribution in [3.05, 3.63) is 189 Å². The number of nitriles is 2. The van der Waals surface area contributed by atoms with E-state index in [0.717, 1.165) is 41.3 Å². The fourth-order valence-electron chi connectivity index (χ4n) is 5.31. The zero-order chi connectivity index (χ0) is 49.5. The summed E-state index contributed by atoms with van der Waals surface area (Å²) in [5, 5.41) is 71.3. The van der Waals surface area contributed by atoms with Gasteiger partial charge in [0.05, 0.1) is 52.8 Å². The number of benzene rings is 4. The van der Waals surface area contributed by atoms with Gasteiger partial charge in [-0.2, -0.15) is 10.5 Å². The number of hydrogen-bond donors (Lipinski definition) is 4. The molecule has 6 aromatic rings. The summed E-state index contributed by atoms with van der Waals surface area (Å²) in [6, 6.07) is 32.2. The Morgan fingerprint density at radius 3 is 1.54 bits per heavy atom. The first kappa shape index (κ1) is 57.2. The van der Waals surface area contributed by atoms with E-state index in [1.54, 1.807) is 31.5 Å². The number of non-ortho nitro benzene ring substituents is 2. The van der Waals surface area contributed by atoms with Crippen LogP contribution in [0.25, 0.3) is 11.1 Å². The van der Waals surface area contributed by atoms with Crippen LogP contribution in [0.2, 0.25) is 0 Å². The third-order valence-electron chi connectivity index (χ3n) is 8.16. The third-order valence-corrected chi connectivity index (χ3v) is 8.78. The molecule has 4 N–H and O–H groups in total. The molecule has 2 heterocycles. The summed E-state index contributed by atoms with van der Waals surface area (Å²) in [6.45, 7) is 2.84. The van der Waals surface area contributed by atoms with E-state index in [-0.39, 0.29) is 54.9 Å². The van der Waals surface area contributed by atoms with Crippen molar-refractivity contribution in [1.29, 1.82) is 10.5 Å². The molecule has 2 aromatic heterocycles. The molecule has 0 unspecified atom stereocenters. The zero-order valence-corrected chi connectivity index (χ0v) is 38.9. The van der Waals surface area contributed by atoms with Gasteiger partial charge in [-0.1, -0.05) is 36.4 Å². The summed E-state index contributed by atoms with van der Waals surface area (Å²) in [4.78, 5) is 62.0. The smallest absolute Gasteiger partial charge is 0.488 e. The van der Waals surface area contributed by atoms with Gasteiger partial charge >= 0.3 is 7.12 Å². The summed E-state index contributed by atoms with van der Waals surface area (Å²) < 4.78 is 14.3. The number of nitro benzene ring substituents is 2. The molecule has 0 spiro atoms. The van der Waals surface area contributed by atoms with Gasteiger partial charge in [-0.25, -0.2) is 0 Å². The summed E-state index contributed by atoms with van der Waals surface area (Å²) in [7, 11) is 1.46. The third kappa shape index (κ3) is 19.9. The monoisotopic (exact) mass is 1070 g/mol. The van der Waals surface area contributed by atoms with Crippen LogP contribution < -0.4 is 26.1 Å². The summed E-state index contributed by atoms with van der Waals surface area (Å²) in [5.74, 6) is -0.362. The molecule has 23 heteroatoms. The molecular weight excluding hydrogens is 1030 g/mol. The van der Waals surface area contributed by atoms with Crippen LogP contribution in [0, 0.1) is 42.9 Å². The van der Waals surface area contributed by atoms with E-state index in [0.29, 0.717) is 34.5 Å². The van der Waals surface area contributed by atoms with Crippen LogP contribution >= 0.6 is 15.9 Å². The van der Waals surface area contributed by atoms with E-state index in [1.165, 1.54) is 77.0 Å². The predicted octanol–water partition coefficient (Wildman–Crippen LogP) is 5.35. The van der Waals surface area contributed by atoms with Gasteiger partial charge in [0.15, 0.2) is 0 Å². The number of aliphatic carboxylic acids is 2. The quantitative estimate of drug-likeness (QED) is 0.0764. The van der Waals surface area contributed by atoms with Gasteiger partial charge < -0.3 is 38.9 Å². The number of methoxy groups -OCH3 is 2.